The molecule has 1 fully saturated rings. The molecule has 4 heteroatoms. The molecule has 1 aromatic rings. The summed E-state index contributed by atoms with van der Waals surface area (Å²) < 4.78 is 1.86. The Morgan fingerprint density at radius 1 is 1.53 bits per heavy atom. The number of hydrogen-bond donors (Lipinski definition) is 1. The topological polar surface area (TPSA) is 29.9 Å². The number of nitrogens with zero attached hydrogens (tertiary/aromatic N) is 2. The van der Waals surface area contributed by atoms with Gasteiger partial charge in [0.25, 0.3) is 0 Å². The highest BCUT2D eigenvalue weighted by Crippen LogP contribution is 2.21. The average molecular weight is 225 g/mol. The number of rotatable bonds is 4. The SMILES string of the molecule is Cn1cc(CNCC2CCSCC2)cn1. The summed E-state index contributed by atoms with van der Waals surface area (Å²) in [7, 11) is 1.96. The maximum atomic E-state index is 4.16. The molecule has 1 aliphatic heterocycles. The zero-order valence-corrected chi connectivity index (χ0v) is 10.1. The molecule has 1 N–H and O–H groups in total. The summed E-state index contributed by atoms with van der Waals surface area (Å²) >= 11 is 2.09. The summed E-state index contributed by atoms with van der Waals surface area (Å²) in [6, 6.07) is 0. The van der Waals surface area contributed by atoms with E-state index >= 15 is 0 Å². The molecule has 3 nitrogen and oxygen atoms in total. The van der Waals surface area contributed by atoms with E-state index in [0.29, 0.717) is 0 Å². The van der Waals surface area contributed by atoms with Gasteiger partial charge in [0.05, 0.1) is 6.20 Å². The number of nitrogens with one attached hydrogen (secondary N) is 1. The molecule has 0 atom stereocenters. The second-order valence-corrected chi connectivity index (χ2v) is 5.43. The lowest BCUT2D eigenvalue weighted by Crippen LogP contribution is -2.25. The second kappa shape index (κ2) is 5.56. The van der Waals surface area contributed by atoms with Crippen LogP contribution in [0.2, 0.25) is 0 Å². The Labute approximate surface area is 95.6 Å². The van der Waals surface area contributed by atoms with Crippen molar-refractivity contribution < 1.29 is 0 Å². The maximum Gasteiger partial charge on any atom is 0.0534 e. The molecular formula is C11H19N3S. The average Bonchev–Trinajstić information content (AvgIpc) is 2.66. The Morgan fingerprint density at radius 3 is 3.00 bits per heavy atom. The molecule has 15 heavy (non-hydrogen) atoms. The van der Waals surface area contributed by atoms with Crippen molar-refractivity contribution in [2.75, 3.05) is 18.1 Å². The highest BCUT2D eigenvalue weighted by atomic mass is 32.2. The van der Waals surface area contributed by atoms with Gasteiger partial charge in [-0.2, -0.15) is 16.9 Å². The van der Waals surface area contributed by atoms with Crippen molar-refractivity contribution in [3.05, 3.63) is 18.0 Å². The predicted molar refractivity (Wildman–Crippen MR) is 65.0 cm³/mol. The van der Waals surface area contributed by atoms with Crippen LogP contribution in [0.3, 0.4) is 0 Å². The van der Waals surface area contributed by atoms with E-state index in [1.54, 1.807) is 0 Å². The first-order valence-corrected chi connectivity index (χ1v) is 6.76. The Bertz CT molecular complexity index is 292. The molecule has 1 aromatic heterocycles. The van der Waals surface area contributed by atoms with Gasteiger partial charge in [-0.05, 0) is 36.8 Å². The summed E-state index contributed by atoms with van der Waals surface area (Å²) in [5, 5.41) is 7.68. The highest BCUT2D eigenvalue weighted by Gasteiger charge is 2.12. The predicted octanol–water partition coefficient (Wildman–Crippen LogP) is 1.65. The van der Waals surface area contributed by atoms with Gasteiger partial charge >= 0.3 is 0 Å². The van der Waals surface area contributed by atoms with E-state index in [-0.39, 0.29) is 0 Å². The van der Waals surface area contributed by atoms with Crippen LogP contribution >= 0.6 is 11.8 Å². The smallest absolute Gasteiger partial charge is 0.0534 e. The van der Waals surface area contributed by atoms with Crippen LogP contribution in [0.5, 0.6) is 0 Å². The maximum absolute atomic E-state index is 4.16. The van der Waals surface area contributed by atoms with Gasteiger partial charge in [-0.25, -0.2) is 0 Å². The molecule has 0 saturated carbocycles. The third-order valence-corrected chi connectivity index (χ3v) is 3.91. The number of aromatic nitrogens is 2. The molecule has 0 aromatic carbocycles. The zero-order chi connectivity index (χ0) is 10.5. The first-order valence-electron chi connectivity index (χ1n) is 5.60. The number of thioether (sulfide) groups is 1. The summed E-state index contributed by atoms with van der Waals surface area (Å²) in [6.45, 7) is 2.12. The fraction of sp³-hybridized carbons (Fsp3) is 0.727. The molecule has 2 rings (SSSR count). The number of hydrogen-bond acceptors (Lipinski definition) is 3. The Balaban J connectivity index is 1.65. The van der Waals surface area contributed by atoms with Crippen molar-refractivity contribution in [1.82, 2.24) is 15.1 Å². The van der Waals surface area contributed by atoms with Crippen molar-refractivity contribution in [2.45, 2.75) is 19.4 Å². The van der Waals surface area contributed by atoms with Crippen LogP contribution in [-0.4, -0.2) is 27.8 Å². The fourth-order valence-electron chi connectivity index (χ4n) is 1.93. The quantitative estimate of drug-likeness (QED) is 0.845. The second-order valence-electron chi connectivity index (χ2n) is 4.21. The van der Waals surface area contributed by atoms with Crippen molar-refractivity contribution in [2.24, 2.45) is 13.0 Å². The van der Waals surface area contributed by atoms with Gasteiger partial charge in [0.1, 0.15) is 0 Å². The molecule has 1 aliphatic rings. The van der Waals surface area contributed by atoms with Crippen LogP contribution in [-0.2, 0) is 13.6 Å². The summed E-state index contributed by atoms with van der Waals surface area (Å²) in [4.78, 5) is 0. The van der Waals surface area contributed by atoms with Crippen LogP contribution in [0, 0.1) is 5.92 Å². The van der Waals surface area contributed by atoms with Gasteiger partial charge in [0, 0.05) is 25.4 Å². The molecule has 0 aliphatic carbocycles. The van der Waals surface area contributed by atoms with Gasteiger partial charge in [-0.1, -0.05) is 0 Å². The third-order valence-electron chi connectivity index (χ3n) is 2.86. The first kappa shape index (κ1) is 11.0. The van der Waals surface area contributed by atoms with E-state index in [1.165, 1.54) is 29.9 Å². The van der Waals surface area contributed by atoms with Crippen LogP contribution in [0.1, 0.15) is 18.4 Å². The standard InChI is InChI=1S/C11H19N3S/c1-14-9-11(8-13-14)7-12-6-10-2-4-15-5-3-10/h8-10,12H,2-7H2,1H3. The number of aryl methyl sites for hydroxylation is 1. The van der Waals surface area contributed by atoms with Crippen LogP contribution in [0.15, 0.2) is 12.4 Å². The zero-order valence-electron chi connectivity index (χ0n) is 9.28. The lowest BCUT2D eigenvalue weighted by molar-refractivity contribution is 0.447. The van der Waals surface area contributed by atoms with E-state index < -0.39 is 0 Å². The third kappa shape index (κ3) is 3.54. The molecular weight excluding hydrogens is 206 g/mol. The molecule has 0 radical (unpaired) electrons. The van der Waals surface area contributed by atoms with E-state index in [4.69, 9.17) is 0 Å². The minimum Gasteiger partial charge on any atom is -0.312 e. The van der Waals surface area contributed by atoms with Crippen molar-refractivity contribution in [3.8, 4) is 0 Å². The van der Waals surface area contributed by atoms with E-state index in [2.05, 4.69) is 28.4 Å². The normalized spacial score (nSPS) is 18.2. The minimum absolute atomic E-state index is 0.892. The molecule has 0 unspecified atom stereocenters. The molecule has 0 amide bonds. The molecule has 0 spiro atoms. The van der Waals surface area contributed by atoms with Crippen molar-refractivity contribution in [1.29, 1.82) is 0 Å². The van der Waals surface area contributed by atoms with Gasteiger partial charge in [-0.15, -0.1) is 0 Å². The van der Waals surface area contributed by atoms with Crippen LogP contribution in [0.25, 0.3) is 0 Å². The molecule has 1 saturated heterocycles. The lowest BCUT2D eigenvalue weighted by Gasteiger charge is -2.21. The van der Waals surface area contributed by atoms with Gasteiger partial charge in [0.15, 0.2) is 0 Å². The highest BCUT2D eigenvalue weighted by molar-refractivity contribution is 7.99. The Kier molecular flexibility index (Phi) is 4.09. The first-order chi connectivity index (χ1) is 7.34. The van der Waals surface area contributed by atoms with E-state index in [0.717, 1.165) is 19.0 Å². The van der Waals surface area contributed by atoms with Crippen LogP contribution < -0.4 is 5.32 Å². The largest absolute Gasteiger partial charge is 0.312 e. The Hall–Kier alpha value is -0.480. The summed E-state index contributed by atoms with van der Waals surface area (Å²) in [5.41, 5.74) is 1.28. The lowest BCUT2D eigenvalue weighted by atomic mass is 10.0. The van der Waals surface area contributed by atoms with E-state index in [9.17, 15) is 0 Å². The molecule has 84 valence electrons. The monoisotopic (exact) mass is 225 g/mol. The van der Waals surface area contributed by atoms with Gasteiger partial charge in [0.2, 0.25) is 0 Å². The van der Waals surface area contributed by atoms with Crippen LogP contribution in [0.4, 0.5) is 0 Å². The van der Waals surface area contributed by atoms with Gasteiger partial charge in [-0.3, -0.25) is 4.68 Å². The van der Waals surface area contributed by atoms with Gasteiger partial charge < -0.3 is 5.32 Å². The fourth-order valence-corrected chi connectivity index (χ4v) is 3.14. The minimum atomic E-state index is 0.892. The van der Waals surface area contributed by atoms with Crippen molar-refractivity contribution in [3.63, 3.8) is 0 Å². The Morgan fingerprint density at radius 2 is 2.33 bits per heavy atom. The van der Waals surface area contributed by atoms with Crippen molar-refractivity contribution >= 4 is 11.8 Å². The molecule has 2 heterocycles. The summed E-state index contributed by atoms with van der Waals surface area (Å²) in [5.74, 6) is 3.58. The van der Waals surface area contributed by atoms with E-state index in [1.807, 2.05) is 17.9 Å². The molecule has 0 bridgehead atoms. The summed E-state index contributed by atoms with van der Waals surface area (Å²) in [6.07, 6.45) is 6.77.